The molecule has 3 nitrogen and oxygen atoms in total. The molecule has 0 heterocycles. The maximum absolute atomic E-state index is 13.0. The first-order valence-electron chi connectivity index (χ1n) is 6.51. The van der Waals surface area contributed by atoms with Crippen molar-refractivity contribution < 1.29 is 13.9 Å². The number of aryl methyl sites for hydroxylation is 2. The summed E-state index contributed by atoms with van der Waals surface area (Å²) in [5.41, 5.74) is 2.37. The van der Waals surface area contributed by atoms with E-state index in [1.165, 1.54) is 18.2 Å². The number of anilines is 1. The van der Waals surface area contributed by atoms with Crippen LogP contribution in [0.3, 0.4) is 0 Å². The standard InChI is InChI=1S/C16H14BrClFNO2/c1-9-6-15(10(2)5-12(9)17)22-8-16(21)20-11-3-4-14(19)13(18)7-11/h3-7H,8H2,1-2H3,(H,20,21). The van der Waals surface area contributed by atoms with Crippen LogP contribution in [0.5, 0.6) is 5.75 Å². The zero-order valence-electron chi connectivity index (χ0n) is 12.0. The SMILES string of the molecule is Cc1cc(OCC(=O)Nc2ccc(F)c(Cl)c2)c(C)cc1Br. The summed E-state index contributed by atoms with van der Waals surface area (Å²) in [4.78, 5) is 11.9. The fraction of sp³-hybridized carbons (Fsp3) is 0.188. The number of amides is 1. The van der Waals surface area contributed by atoms with Crippen molar-refractivity contribution in [1.29, 1.82) is 0 Å². The number of hydrogen-bond donors (Lipinski definition) is 1. The lowest BCUT2D eigenvalue weighted by atomic mass is 10.1. The van der Waals surface area contributed by atoms with E-state index >= 15 is 0 Å². The molecule has 0 saturated heterocycles. The second-order valence-corrected chi connectivity index (χ2v) is 6.09. The average molecular weight is 387 g/mol. The largest absolute Gasteiger partial charge is 0.483 e. The van der Waals surface area contributed by atoms with Crippen molar-refractivity contribution in [3.05, 3.63) is 56.8 Å². The molecule has 0 aliphatic rings. The van der Waals surface area contributed by atoms with Gasteiger partial charge >= 0.3 is 0 Å². The van der Waals surface area contributed by atoms with Crippen molar-refractivity contribution in [3.63, 3.8) is 0 Å². The van der Waals surface area contributed by atoms with E-state index in [9.17, 15) is 9.18 Å². The van der Waals surface area contributed by atoms with Crippen LogP contribution >= 0.6 is 27.5 Å². The molecule has 6 heteroatoms. The molecule has 0 unspecified atom stereocenters. The van der Waals surface area contributed by atoms with Gasteiger partial charge in [0.2, 0.25) is 0 Å². The van der Waals surface area contributed by atoms with Crippen LogP contribution in [0.1, 0.15) is 11.1 Å². The number of carbonyl (C=O) groups excluding carboxylic acids is 1. The highest BCUT2D eigenvalue weighted by molar-refractivity contribution is 9.10. The van der Waals surface area contributed by atoms with Crippen LogP contribution in [0.2, 0.25) is 5.02 Å². The summed E-state index contributed by atoms with van der Waals surface area (Å²) in [7, 11) is 0. The summed E-state index contributed by atoms with van der Waals surface area (Å²) in [5, 5.41) is 2.56. The number of hydrogen-bond acceptors (Lipinski definition) is 2. The highest BCUT2D eigenvalue weighted by atomic mass is 79.9. The third-order valence-electron chi connectivity index (χ3n) is 3.02. The Balaban J connectivity index is 1.98. The zero-order valence-corrected chi connectivity index (χ0v) is 14.4. The molecule has 2 rings (SSSR count). The molecule has 0 spiro atoms. The van der Waals surface area contributed by atoms with E-state index in [0.717, 1.165) is 15.6 Å². The maximum Gasteiger partial charge on any atom is 0.262 e. The highest BCUT2D eigenvalue weighted by Crippen LogP contribution is 2.26. The Morgan fingerprint density at radius 2 is 2.00 bits per heavy atom. The van der Waals surface area contributed by atoms with Gasteiger partial charge in [-0.3, -0.25) is 4.79 Å². The summed E-state index contributed by atoms with van der Waals surface area (Å²) in [6, 6.07) is 7.78. The number of rotatable bonds is 4. The molecule has 0 radical (unpaired) electrons. The van der Waals surface area contributed by atoms with Crippen LogP contribution in [0.25, 0.3) is 0 Å². The van der Waals surface area contributed by atoms with E-state index in [1.807, 2.05) is 26.0 Å². The minimum absolute atomic E-state index is 0.0434. The van der Waals surface area contributed by atoms with Gasteiger partial charge in [-0.25, -0.2) is 4.39 Å². The van der Waals surface area contributed by atoms with Crippen LogP contribution in [0, 0.1) is 19.7 Å². The van der Waals surface area contributed by atoms with Gasteiger partial charge in [-0.1, -0.05) is 27.5 Å². The highest BCUT2D eigenvalue weighted by Gasteiger charge is 2.09. The predicted octanol–water partition coefficient (Wildman–Crippen LogP) is 4.88. The summed E-state index contributed by atoms with van der Waals surface area (Å²) in [5.74, 6) is -0.229. The molecule has 1 N–H and O–H groups in total. The smallest absolute Gasteiger partial charge is 0.262 e. The van der Waals surface area contributed by atoms with E-state index in [2.05, 4.69) is 21.2 Å². The Labute approximate surface area is 141 Å². The minimum Gasteiger partial charge on any atom is -0.483 e. The van der Waals surface area contributed by atoms with Crippen molar-refractivity contribution in [1.82, 2.24) is 0 Å². The Hall–Kier alpha value is -1.59. The molecule has 0 aliphatic carbocycles. The Kier molecular flexibility index (Phi) is 5.42. The van der Waals surface area contributed by atoms with Gasteiger partial charge in [-0.05, 0) is 55.3 Å². The van der Waals surface area contributed by atoms with Crippen molar-refractivity contribution in [2.24, 2.45) is 0 Å². The van der Waals surface area contributed by atoms with E-state index in [-0.39, 0.29) is 17.5 Å². The topological polar surface area (TPSA) is 38.3 Å². The summed E-state index contributed by atoms with van der Waals surface area (Å²) < 4.78 is 19.6. The molecule has 0 aromatic heterocycles. The summed E-state index contributed by atoms with van der Waals surface area (Å²) in [6.45, 7) is 3.70. The lowest BCUT2D eigenvalue weighted by molar-refractivity contribution is -0.118. The average Bonchev–Trinajstić information content (AvgIpc) is 2.45. The van der Waals surface area contributed by atoms with E-state index in [0.29, 0.717) is 11.4 Å². The number of benzene rings is 2. The van der Waals surface area contributed by atoms with Gasteiger partial charge in [-0.15, -0.1) is 0 Å². The molecule has 0 bridgehead atoms. The molecular weight excluding hydrogens is 373 g/mol. The second-order valence-electron chi connectivity index (χ2n) is 4.83. The van der Waals surface area contributed by atoms with Gasteiger partial charge in [-0.2, -0.15) is 0 Å². The number of halogens is 3. The van der Waals surface area contributed by atoms with Crippen molar-refractivity contribution in [2.75, 3.05) is 11.9 Å². The lowest BCUT2D eigenvalue weighted by Gasteiger charge is -2.11. The molecule has 0 fully saturated rings. The third kappa shape index (κ3) is 4.21. The second kappa shape index (κ2) is 7.11. The monoisotopic (exact) mass is 385 g/mol. The number of carbonyl (C=O) groups is 1. The molecule has 0 saturated carbocycles. The van der Waals surface area contributed by atoms with Gasteiger partial charge in [0.25, 0.3) is 5.91 Å². The minimum atomic E-state index is -0.531. The fourth-order valence-electron chi connectivity index (χ4n) is 1.82. The zero-order chi connectivity index (χ0) is 16.3. The molecule has 1 amide bonds. The van der Waals surface area contributed by atoms with Crippen LogP contribution in [-0.2, 0) is 4.79 Å². The quantitative estimate of drug-likeness (QED) is 0.813. The van der Waals surface area contributed by atoms with Crippen molar-refractivity contribution in [3.8, 4) is 5.75 Å². The predicted molar refractivity (Wildman–Crippen MR) is 89.2 cm³/mol. The van der Waals surface area contributed by atoms with Crippen LogP contribution < -0.4 is 10.1 Å². The third-order valence-corrected chi connectivity index (χ3v) is 4.16. The van der Waals surface area contributed by atoms with Crippen LogP contribution in [0.4, 0.5) is 10.1 Å². The van der Waals surface area contributed by atoms with E-state index < -0.39 is 5.82 Å². The lowest BCUT2D eigenvalue weighted by Crippen LogP contribution is -2.20. The summed E-state index contributed by atoms with van der Waals surface area (Å²) in [6.07, 6.45) is 0. The van der Waals surface area contributed by atoms with Gasteiger partial charge in [0.1, 0.15) is 11.6 Å². The number of nitrogens with one attached hydrogen (secondary N) is 1. The Morgan fingerprint density at radius 1 is 1.27 bits per heavy atom. The van der Waals surface area contributed by atoms with Gasteiger partial charge in [0, 0.05) is 10.2 Å². The molecule has 0 aliphatic heterocycles. The van der Waals surface area contributed by atoms with Crippen molar-refractivity contribution in [2.45, 2.75) is 13.8 Å². The van der Waals surface area contributed by atoms with Gasteiger partial charge < -0.3 is 10.1 Å². The number of ether oxygens (including phenoxy) is 1. The van der Waals surface area contributed by atoms with Crippen LogP contribution in [0.15, 0.2) is 34.8 Å². The molecule has 22 heavy (non-hydrogen) atoms. The molecule has 116 valence electrons. The van der Waals surface area contributed by atoms with Crippen LogP contribution in [-0.4, -0.2) is 12.5 Å². The fourth-order valence-corrected chi connectivity index (χ4v) is 2.46. The summed E-state index contributed by atoms with van der Waals surface area (Å²) >= 11 is 9.10. The maximum atomic E-state index is 13.0. The van der Waals surface area contributed by atoms with Crippen molar-refractivity contribution >= 4 is 39.1 Å². The molecular formula is C16H14BrClFNO2. The van der Waals surface area contributed by atoms with E-state index in [4.69, 9.17) is 16.3 Å². The first-order chi connectivity index (χ1) is 10.4. The normalized spacial score (nSPS) is 10.4. The Bertz CT molecular complexity index is 722. The van der Waals surface area contributed by atoms with Gasteiger partial charge in [0.05, 0.1) is 5.02 Å². The van der Waals surface area contributed by atoms with Gasteiger partial charge in [0.15, 0.2) is 6.61 Å². The molecule has 0 atom stereocenters. The Morgan fingerprint density at radius 3 is 2.68 bits per heavy atom. The molecule has 2 aromatic carbocycles. The first kappa shape index (κ1) is 16.8. The first-order valence-corrected chi connectivity index (χ1v) is 7.68. The van der Waals surface area contributed by atoms with E-state index in [1.54, 1.807) is 0 Å². The molecule has 2 aromatic rings.